The van der Waals surface area contributed by atoms with Gasteiger partial charge in [-0.1, -0.05) is 12.1 Å². The summed E-state index contributed by atoms with van der Waals surface area (Å²) in [5.74, 6) is 1.48. The summed E-state index contributed by atoms with van der Waals surface area (Å²) in [6.07, 6.45) is 9.53. The van der Waals surface area contributed by atoms with Crippen LogP contribution in [0, 0.1) is 30.1 Å². The molecule has 2 aromatic rings. The average Bonchev–Trinajstić information content (AvgIpc) is 2.71. The Kier molecular flexibility index (Phi) is 4.64. The molecular formula is C25H28N2O3. The molecule has 5 heteroatoms. The van der Waals surface area contributed by atoms with Crippen LogP contribution in [0.25, 0.3) is 11.3 Å². The molecule has 4 bridgehead atoms. The molecular weight excluding hydrogens is 376 g/mol. The molecule has 0 aliphatic heterocycles. The van der Waals surface area contributed by atoms with E-state index in [4.69, 9.17) is 0 Å². The summed E-state index contributed by atoms with van der Waals surface area (Å²) in [4.78, 5) is 28.9. The first-order valence-electron chi connectivity index (χ1n) is 11.0. The molecule has 1 aromatic carbocycles. The zero-order chi connectivity index (χ0) is 20.9. The molecule has 0 atom stereocenters. The number of amides is 1. The van der Waals surface area contributed by atoms with E-state index < -0.39 is 5.97 Å². The number of hydrogen-bond acceptors (Lipinski definition) is 3. The molecule has 4 saturated carbocycles. The third kappa shape index (κ3) is 3.40. The van der Waals surface area contributed by atoms with Crippen molar-refractivity contribution in [1.29, 1.82) is 0 Å². The van der Waals surface area contributed by atoms with Crippen molar-refractivity contribution >= 4 is 11.9 Å². The monoisotopic (exact) mass is 404 g/mol. The van der Waals surface area contributed by atoms with Gasteiger partial charge in [0.25, 0.3) is 5.91 Å². The Morgan fingerprint density at radius 2 is 1.73 bits per heavy atom. The molecule has 0 saturated heterocycles. The summed E-state index contributed by atoms with van der Waals surface area (Å²) in [5.41, 5.74) is 2.95. The van der Waals surface area contributed by atoms with E-state index in [1.807, 2.05) is 19.1 Å². The highest BCUT2D eigenvalue weighted by Gasteiger charge is 2.50. The van der Waals surface area contributed by atoms with E-state index >= 15 is 0 Å². The fraction of sp³-hybridized carbons (Fsp3) is 0.480. The minimum Gasteiger partial charge on any atom is -0.478 e. The van der Waals surface area contributed by atoms with Gasteiger partial charge < -0.3 is 10.4 Å². The summed E-state index contributed by atoms with van der Waals surface area (Å²) >= 11 is 0. The fourth-order valence-electron chi connectivity index (χ4n) is 6.69. The van der Waals surface area contributed by atoms with Crippen LogP contribution in [0.1, 0.15) is 64.8 Å². The Morgan fingerprint density at radius 1 is 1.07 bits per heavy atom. The van der Waals surface area contributed by atoms with E-state index in [2.05, 4.69) is 10.3 Å². The number of aromatic nitrogens is 1. The summed E-state index contributed by atoms with van der Waals surface area (Å²) < 4.78 is 0. The van der Waals surface area contributed by atoms with Gasteiger partial charge in [-0.2, -0.15) is 0 Å². The lowest BCUT2D eigenvalue weighted by Crippen LogP contribution is -2.51. The Morgan fingerprint density at radius 3 is 2.37 bits per heavy atom. The minimum atomic E-state index is -1.02. The van der Waals surface area contributed by atoms with Crippen molar-refractivity contribution in [1.82, 2.24) is 10.3 Å². The van der Waals surface area contributed by atoms with Crippen molar-refractivity contribution in [2.45, 2.75) is 45.4 Å². The van der Waals surface area contributed by atoms with Gasteiger partial charge in [0, 0.05) is 23.9 Å². The Labute approximate surface area is 176 Å². The molecule has 6 rings (SSSR count). The number of carboxylic acid groups (broad SMARTS) is 1. The molecule has 156 valence electrons. The number of carbonyl (C=O) groups is 2. The molecule has 1 amide bonds. The lowest BCUT2D eigenvalue weighted by molar-refractivity contribution is -0.0503. The van der Waals surface area contributed by atoms with Crippen LogP contribution in [0.5, 0.6) is 0 Å². The number of carboxylic acids is 1. The highest BCUT2D eigenvalue weighted by Crippen LogP contribution is 2.59. The van der Waals surface area contributed by atoms with Gasteiger partial charge in [-0.25, -0.2) is 4.79 Å². The van der Waals surface area contributed by atoms with Crippen LogP contribution in [0.3, 0.4) is 0 Å². The number of hydrogen-bond donors (Lipinski definition) is 2. The first-order chi connectivity index (χ1) is 14.4. The van der Waals surface area contributed by atoms with Crippen molar-refractivity contribution in [3.05, 3.63) is 53.2 Å². The third-order valence-electron chi connectivity index (χ3n) is 7.58. The normalized spacial score (nSPS) is 29.0. The Hall–Kier alpha value is -2.69. The zero-order valence-electron chi connectivity index (χ0n) is 17.4. The van der Waals surface area contributed by atoms with E-state index in [-0.39, 0.29) is 16.9 Å². The van der Waals surface area contributed by atoms with Gasteiger partial charge in [-0.3, -0.25) is 9.78 Å². The molecule has 1 aromatic heterocycles. The lowest BCUT2D eigenvalue weighted by Gasteiger charge is -2.56. The highest BCUT2D eigenvalue weighted by atomic mass is 16.4. The van der Waals surface area contributed by atoms with E-state index in [0.29, 0.717) is 16.8 Å². The number of aryl methyl sites for hydroxylation is 1. The second-order valence-corrected chi connectivity index (χ2v) is 9.83. The second kappa shape index (κ2) is 7.22. The maximum atomic E-state index is 13.1. The average molecular weight is 405 g/mol. The van der Waals surface area contributed by atoms with E-state index in [9.17, 15) is 14.7 Å². The number of benzene rings is 1. The van der Waals surface area contributed by atoms with Gasteiger partial charge in [0.2, 0.25) is 0 Å². The minimum absolute atomic E-state index is 0.0714. The number of nitrogens with zero attached hydrogens (tertiary/aromatic N) is 1. The number of nitrogens with one attached hydrogen (secondary N) is 1. The second-order valence-electron chi connectivity index (χ2n) is 9.83. The predicted molar refractivity (Wildman–Crippen MR) is 114 cm³/mol. The summed E-state index contributed by atoms with van der Waals surface area (Å²) in [7, 11) is 0. The molecule has 30 heavy (non-hydrogen) atoms. The molecule has 2 N–H and O–H groups in total. The van der Waals surface area contributed by atoms with Gasteiger partial charge in [-0.05, 0) is 92.4 Å². The van der Waals surface area contributed by atoms with Crippen molar-refractivity contribution in [2.75, 3.05) is 6.54 Å². The molecule has 0 spiro atoms. The third-order valence-corrected chi connectivity index (χ3v) is 7.58. The standard InChI is InChI=1S/C25H28N2O3/c1-15-4-5-19(22-20(24(29)30)3-2-6-26-22)10-21(15)23(28)27-14-25-11-16-7-17(12-25)9-18(8-16)13-25/h2-6,10,16-18H,7-9,11-14H2,1H3,(H,27,28)(H,29,30). The number of aromatic carboxylic acids is 1. The SMILES string of the molecule is Cc1ccc(-c2ncccc2C(=O)O)cc1C(=O)NCC12CC3CC(CC(C3)C1)C2. The largest absolute Gasteiger partial charge is 0.478 e. The van der Waals surface area contributed by atoms with Gasteiger partial charge in [-0.15, -0.1) is 0 Å². The fourth-order valence-corrected chi connectivity index (χ4v) is 6.69. The van der Waals surface area contributed by atoms with Crippen LogP contribution in [0.2, 0.25) is 0 Å². The number of carbonyl (C=O) groups excluding carboxylic acids is 1. The highest BCUT2D eigenvalue weighted by molar-refractivity contribution is 5.99. The maximum Gasteiger partial charge on any atom is 0.337 e. The van der Waals surface area contributed by atoms with E-state index in [1.54, 1.807) is 18.3 Å². The molecule has 0 radical (unpaired) electrons. The molecule has 0 unspecified atom stereocenters. The van der Waals surface area contributed by atoms with Crippen molar-refractivity contribution in [3.8, 4) is 11.3 Å². The van der Waals surface area contributed by atoms with Crippen LogP contribution >= 0.6 is 0 Å². The quantitative estimate of drug-likeness (QED) is 0.757. The van der Waals surface area contributed by atoms with Gasteiger partial charge in [0.1, 0.15) is 0 Å². The smallest absolute Gasteiger partial charge is 0.337 e. The zero-order valence-corrected chi connectivity index (χ0v) is 17.4. The number of rotatable bonds is 5. The van der Waals surface area contributed by atoms with Crippen molar-refractivity contribution in [3.63, 3.8) is 0 Å². The molecule has 5 nitrogen and oxygen atoms in total. The Balaban J connectivity index is 1.37. The van der Waals surface area contributed by atoms with Crippen molar-refractivity contribution in [2.24, 2.45) is 23.2 Å². The van der Waals surface area contributed by atoms with Crippen LogP contribution in [0.15, 0.2) is 36.5 Å². The first-order valence-corrected chi connectivity index (χ1v) is 11.0. The van der Waals surface area contributed by atoms with Crippen LogP contribution in [-0.4, -0.2) is 28.5 Å². The van der Waals surface area contributed by atoms with Crippen LogP contribution < -0.4 is 5.32 Å². The lowest BCUT2D eigenvalue weighted by atomic mass is 9.49. The van der Waals surface area contributed by atoms with E-state index in [1.165, 1.54) is 44.6 Å². The van der Waals surface area contributed by atoms with Crippen molar-refractivity contribution < 1.29 is 14.7 Å². The van der Waals surface area contributed by atoms with Gasteiger partial charge >= 0.3 is 5.97 Å². The van der Waals surface area contributed by atoms with Crippen LogP contribution in [0.4, 0.5) is 0 Å². The maximum absolute atomic E-state index is 13.1. The van der Waals surface area contributed by atoms with Gasteiger partial charge in [0.15, 0.2) is 0 Å². The molecule has 1 heterocycles. The Bertz CT molecular complexity index is 978. The summed E-state index contributed by atoms with van der Waals surface area (Å²) in [6, 6.07) is 8.63. The van der Waals surface area contributed by atoms with E-state index in [0.717, 1.165) is 29.9 Å². The first kappa shape index (κ1) is 19.3. The molecule has 4 fully saturated rings. The summed E-state index contributed by atoms with van der Waals surface area (Å²) in [5, 5.41) is 12.7. The number of pyridine rings is 1. The molecule has 4 aliphatic rings. The summed E-state index contributed by atoms with van der Waals surface area (Å²) in [6.45, 7) is 2.67. The topological polar surface area (TPSA) is 79.3 Å². The predicted octanol–water partition coefficient (Wildman–Crippen LogP) is 4.70. The van der Waals surface area contributed by atoms with Gasteiger partial charge in [0.05, 0.1) is 11.3 Å². The van der Waals surface area contributed by atoms with Crippen LogP contribution in [-0.2, 0) is 0 Å². The molecule has 4 aliphatic carbocycles.